The fraction of sp³-hybridized carbons (Fsp3) is 0.348. The Balaban J connectivity index is 0.000000989. The molecular formula is C23H30N2O3S. The van der Waals surface area contributed by atoms with Crippen molar-refractivity contribution in [2.45, 2.75) is 47.5 Å². The molecule has 0 fully saturated rings. The third-order valence-electron chi connectivity index (χ3n) is 3.56. The number of esters is 1. The first-order valence-corrected chi connectivity index (χ1v) is 10.8. The van der Waals surface area contributed by atoms with Crippen LogP contribution in [0.15, 0.2) is 48.5 Å². The van der Waals surface area contributed by atoms with E-state index in [1.54, 1.807) is 11.3 Å². The molecule has 6 heteroatoms. The van der Waals surface area contributed by atoms with Crippen molar-refractivity contribution in [3.8, 4) is 10.6 Å². The summed E-state index contributed by atoms with van der Waals surface area (Å²) in [5, 5.41) is 3.80. The minimum Gasteiger partial charge on any atom is -0.466 e. The van der Waals surface area contributed by atoms with E-state index in [1.165, 1.54) is 6.92 Å². The maximum atomic E-state index is 11.9. The highest BCUT2D eigenvalue weighted by atomic mass is 32.1. The number of para-hydroxylation sites is 1. The molecule has 0 bridgehead atoms. The zero-order chi connectivity index (χ0) is 21.6. The molecule has 2 aromatic carbocycles. The van der Waals surface area contributed by atoms with Crippen LogP contribution in [-0.2, 0) is 14.3 Å². The van der Waals surface area contributed by atoms with Gasteiger partial charge in [0.1, 0.15) is 5.01 Å². The van der Waals surface area contributed by atoms with Gasteiger partial charge in [0.2, 0.25) is 5.91 Å². The Bertz CT molecular complexity index is 856. The lowest BCUT2D eigenvalue weighted by atomic mass is 10.2. The van der Waals surface area contributed by atoms with Crippen LogP contribution >= 0.6 is 11.3 Å². The molecule has 1 aromatic heterocycles. The molecule has 1 amide bonds. The van der Waals surface area contributed by atoms with Crippen LogP contribution in [0, 0.1) is 0 Å². The molecule has 0 radical (unpaired) electrons. The fourth-order valence-electron chi connectivity index (χ4n) is 2.36. The number of aromatic nitrogens is 1. The number of carbonyl (C=O) groups excluding carboxylic acids is 2. The van der Waals surface area contributed by atoms with Crippen LogP contribution in [0.4, 0.5) is 5.69 Å². The largest absolute Gasteiger partial charge is 0.466 e. The Morgan fingerprint density at radius 3 is 2.28 bits per heavy atom. The molecule has 1 N–H and O–H groups in total. The Hall–Kier alpha value is -2.73. The zero-order valence-electron chi connectivity index (χ0n) is 17.8. The Morgan fingerprint density at radius 2 is 1.66 bits per heavy atom. The molecule has 1 heterocycles. The van der Waals surface area contributed by atoms with E-state index < -0.39 is 0 Å². The average Bonchev–Trinajstić information content (AvgIpc) is 3.19. The molecule has 156 valence electrons. The highest BCUT2D eigenvalue weighted by molar-refractivity contribution is 7.21. The Kier molecular flexibility index (Phi) is 11.3. The molecule has 5 nitrogen and oxygen atoms in total. The first-order chi connectivity index (χ1) is 14.1. The van der Waals surface area contributed by atoms with E-state index in [0.29, 0.717) is 12.8 Å². The van der Waals surface area contributed by atoms with Crippen molar-refractivity contribution in [2.75, 3.05) is 11.9 Å². The van der Waals surface area contributed by atoms with E-state index in [2.05, 4.69) is 16.4 Å². The summed E-state index contributed by atoms with van der Waals surface area (Å²) in [6, 6.07) is 15.7. The molecule has 29 heavy (non-hydrogen) atoms. The molecule has 0 aliphatic heterocycles. The summed E-state index contributed by atoms with van der Waals surface area (Å²) in [7, 11) is 0. The predicted molar refractivity (Wildman–Crippen MR) is 122 cm³/mol. The third kappa shape index (κ3) is 8.03. The van der Waals surface area contributed by atoms with Gasteiger partial charge in [-0.2, -0.15) is 0 Å². The molecule has 3 rings (SSSR count). The number of ether oxygens (including phenoxy) is 1. The molecule has 0 saturated carbocycles. The number of nitrogens with zero attached hydrogens (tertiary/aromatic N) is 1. The molecule has 0 aliphatic carbocycles. The highest BCUT2D eigenvalue weighted by Crippen LogP contribution is 2.30. The van der Waals surface area contributed by atoms with Crippen LogP contribution in [0.1, 0.15) is 47.5 Å². The highest BCUT2D eigenvalue weighted by Gasteiger charge is 2.07. The first-order valence-electron chi connectivity index (χ1n) is 10.0. The van der Waals surface area contributed by atoms with Crippen molar-refractivity contribution in [1.82, 2.24) is 4.98 Å². The normalized spacial score (nSPS) is 9.55. The van der Waals surface area contributed by atoms with Gasteiger partial charge in [0.15, 0.2) is 0 Å². The quantitative estimate of drug-likeness (QED) is 0.380. The van der Waals surface area contributed by atoms with E-state index in [-0.39, 0.29) is 18.5 Å². The van der Waals surface area contributed by atoms with Crippen LogP contribution in [0.5, 0.6) is 0 Å². The lowest BCUT2D eigenvalue weighted by molar-refractivity contribution is -0.141. The number of nitrogens with one attached hydrogen (secondary N) is 1. The van der Waals surface area contributed by atoms with Crippen molar-refractivity contribution >= 4 is 39.1 Å². The van der Waals surface area contributed by atoms with Gasteiger partial charge in [-0.3, -0.25) is 9.59 Å². The van der Waals surface area contributed by atoms with Crippen LogP contribution < -0.4 is 5.32 Å². The van der Waals surface area contributed by atoms with Gasteiger partial charge in [-0.05, 0) is 42.8 Å². The molecule has 3 aromatic rings. The Morgan fingerprint density at radius 1 is 1.00 bits per heavy atom. The van der Waals surface area contributed by atoms with E-state index in [0.717, 1.165) is 26.5 Å². The summed E-state index contributed by atoms with van der Waals surface area (Å²) < 4.78 is 5.96. The van der Waals surface area contributed by atoms with E-state index in [1.807, 2.05) is 70.2 Å². The van der Waals surface area contributed by atoms with Crippen LogP contribution in [0.3, 0.4) is 0 Å². The lowest BCUT2D eigenvalue weighted by Crippen LogP contribution is -2.12. The van der Waals surface area contributed by atoms with Crippen LogP contribution in [0.25, 0.3) is 20.8 Å². The SMILES string of the molecule is CC.CC.CC(=O)OCCCC(=O)Nc1ccc(-c2nc3ccccc3s2)cc1. The summed E-state index contributed by atoms with van der Waals surface area (Å²) >= 11 is 1.65. The second-order valence-electron chi connectivity index (χ2n) is 5.56. The van der Waals surface area contributed by atoms with E-state index >= 15 is 0 Å². The van der Waals surface area contributed by atoms with E-state index in [9.17, 15) is 9.59 Å². The van der Waals surface area contributed by atoms with Gasteiger partial charge in [0, 0.05) is 24.6 Å². The van der Waals surface area contributed by atoms with Crippen molar-refractivity contribution < 1.29 is 14.3 Å². The standard InChI is InChI=1S/C19H18N2O3S.2C2H6/c1-13(22)24-12-4-7-18(23)20-15-10-8-14(9-11-15)19-21-16-5-2-3-6-17(16)25-19;2*1-2/h2-3,5-6,8-11H,4,7,12H2,1H3,(H,20,23);2*1-2H3. The summed E-state index contributed by atoms with van der Waals surface area (Å²) in [4.78, 5) is 27.2. The van der Waals surface area contributed by atoms with Crippen molar-refractivity contribution in [1.29, 1.82) is 0 Å². The monoisotopic (exact) mass is 414 g/mol. The second-order valence-corrected chi connectivity index (χ2v) is 6.59. The number of amides is 1. The van der Waals surface area contributed by atoms with Gasteiger partial charge in [-0.1, -0.05) is 39.8 Å². The number of thiazole rings is 1. The number of rotatable bonds is 6. The molecule has 0 saturated heterocycles. The predicted octanol–water partition coefficient (Wildman–Crippen LogP) is 6.30. The topological polar surface area (TPSA) is 68.3 Å². The maximum absolute atomic E-state index is 11.9. The lowest BCUT2D eigenvalue weighted by Gasteiger charge is -2.06. The van der Waals surface area contributed by atoms with Crippen molar-refractivity contribution in [2.24, 2.45) is 0 Å². The van der Waals surface area contributed by atoms with Crippen molar-refractivity contribution in [3.63, 3.8) is 0 Å². The second kappa shape index (κ2) is 13.4. The molecular weight excluding hydrogens is 384 g/mol. The minimum absolute atomic E-state index is 0.0973. The number of fused-ring (bicyclic) bond motifs is 1. The van der Waals surface area contributed by atoms with Crippen LogP contribution in [-0.4, -0.2) is 23.5 Å². The van der Waals surface area contributed by atoms with Gasteiger partial charge in [-0.25, -0.2) is 4.98 Å². The molecule has 0 unspecified atom stereocenters. The summed E-state index contributed by atoms with van der Waals surface area (Å²) in [6.07, 6.45) is 0.822. The zero-order valence-corrected chi connectivity index (χ0v) is 18.6. The van der Waals surface area contributed by atoms with Gasteiger partial charge < -0.3 is 10.1 Å². The van der Waals surface area contributed by atoms with E-state index in [4.69, 9.17) is 4.74 Å². The third-order valence-corrected chi connectivity index (χ3v) is 4.65. The van der Waals surface area contributed by atoms with Crippen molar-refractivity contribution in [3.05, 3.63) is 48.5 Å². The van der Waals surface area contributed by atoms with Gasteiger partial charge >= 0.3 is 5.97 Å². The smallest absolute Gasteiger partial charge is 0.302 e. The number of hydrogen-bond acceptors (Lipinski definition) is 5. The average molecular weight is 415 g/mol. The number of benzene rings is 2. The fourth-order valence-corrected chi connectivity index (χ4v) is 3.34. The molecule has 0 atom stereocenters. The van der Waals surface area contributed by atoms with Gasteiger partial charge in [-0.15, -0.1) is 11.3 Å². The Labute approximate surface area is 177 Å². The summed E-state index contributed by atoms with van der Waals surface area (Å²) in [6.45, 7) is 9.62. The first kappa shape index (κ1) is 24.3. The number of anilines is 1. The summed E-state index contributed by atoms with van der Waals surface area (Å²) in [5.74, 6) is -0.425. The van der Waals surface area contributed by atoms with Gasteiger partial charge in [0.25, 0.3) is 0 Å². The number of hydrogen-bond donors (Lipinski definition) is 1. The maximum Gasteiger partial charge on any atom is 0.302 e. The molecule has 0 spiro atoms. The number of carbonyl (C=O) groups is 2. The van der Waals surface area contributed by atoms with Gasteiger partial charge in [0.05, 0.1) is 16.8 Å². The molecule has 0 aliphatic rings. The summed E-state index contributed by atoms with van der Waals surface area (Å²) in [5.41, 5.74) is 2.75. The van der Waals surface area contributed by atoms with Crippen LogP contribution in [0.2, 0.25) is 0 Å². The minimum atomic E-state index is -0.328.